The summed E-state index contributed by atoms with van der Waals surface area (Å²) in [6, 6.07) is -0.355. The fraction of sp³-hybridized carbons (Fsp3) is 0.870. The monoisotopic (exact) mass is 448 g/mol. The zero-order valence-corrected chi connectivity index (χ0v) is 20.4. The van der Waals surface area contributed by atoms with E-state index in [9.17, 15) is 4.79 Å². The maximum absolute atomic E-state index is 12.1. The standard InChI is InChI=1S/C23H46NO5P/c1-4-5-6-7-8-9-10-11-12-13-14-15-16-17-18-19-23(25)24-22(21(2)3)20-29-30(26,27)28/h11-12,21-22,26-28H,4-10,13-20H2,1-3H3/p+1/b12-11-/t22-/m0/s1. The first-order valence-corrected chi connectivity index (χ1v) is 13.5. The molecule has 6 nitrogen and oxygen atoms in total. The molecule has 0 saturated heterocycles. The van der Waals surface area contributed by atoms with E-state index < -0.39 is 8.17 Å². The third kappa shape index (κ3) is 20.7. The fourth-order valence-electron chi connectivity index (χ4n) is 3.22. The van der Waals surface area contributed by atoms with E-state index >= 15 is 0 Å². The van der Waals surface area contributed by atoms with Crippen molar-refractivity contribution in [1.29, 1.82) is 0 Å². The molecule has 0 saturated carbocycles. The molecule has 0 aliphatic carbocycles. The minimum absolute atomic E-state index is 0.0623. The summed E-state index contributed by atoms with van der Waals surface area (Å²) >= 11 is 0. The van der Waals surface area contributed by atoms with Gasteiger partial charge in [-0.2, -0.15) is 19.2 Å². The first kappa shape index (κ1) is 29.5. The van der Waals surface area contributed by atoms with E-state index in [2.05, 4.69) is 28.9 Å². The van der Waals surface area contributed by atoms with Gasteiger partial charge >= 0.3 is 8.17 Å². The molecule has 30 heavy (non-hydrogen) atoms. The molecule has 1 amide bonds. The van der Waals surface area contributed by atoms with Crippen LogP contribution in [-0.2, 0) is 9.32 Å². The summed E-state index contributed by atoms with van der Waals surface area (Å²) in [6.45, 7) is 5.94. The van der Waals surface area contributed by atoms with Gasteiger partial charge in [0.05, 0.1) is 6.04 Å². The molecule has 0 aliphatic heterocycles. The lowest BCUT2D eigenvalue weighted by atomic mass is 10.0. The molecule has 7 heteroatoms. The van der Waals surface area contributed by atoms with Crippen molar-refractivity contribution in [3.8, 4) is 0 Å². The minimum atomic E-state index is -4.26. The van der Waals surface area contributed by atoms with E-state index in [1.807, 2.05) is 13.8 Å². The summed E-state index contributed by atoms with van der Waals surface area (Å²) in [5.41, 5.74) is 0. The quantitative estimate of drug-likeness (QED) is 0.107. The second-order valence-corrected chi connectivity index (χ2v) is 9.85. The van der Waals surface area contributed by atoms with Crippen LogP contribution in [0.4, 0.5) is 0 Å². The highest BCUT2D eigenvalue weighted by molar-refractivity contribution is 7.53. The molecule has 0 aliphatic rings. The number of rotatable bonds is 20. The summed E-state index contributed by atoms with van der Waals surface area (Å²) in [4.78, 5) is 38.8. The molecule has 0 spiro atoms. The number of unbranched alkanes of at least 4 members (excludes halogenated alkanes) is 11. The first-order chi connectivity index (χ1) is 14.3. The lowest BCUT2D eigenvalue weighted by Crippen LogP contribution is -2.41. The second kappa shape index (κ2) is 19.2. The molecule has 0 radical (unpaired) electrons. The zero-order valence-electron chi connectivity index (χ0n) is 19.5. The first-order valence-electron chi connectivity index (χ1n) is 11.9. The minimum Gasteiger partial charge on any atom is -0.351 e. The molecule has 1 atom stereocenters. The normalized spacial score (nSPS) is 13.3. The van der Waals surface area contributed by atoms with Gasteiger partial charge in [-0.25, -0.2) is 0 Å². The Kier molecular flexibility index (Phi) is 18.9. The van der Waals surface area contributed by atoms with Crippen molar-refractivity contribution < 1.29 is 24.0 Å². The fourth-order valence-corrected chi connectivity index (χ4v) is 3.58. The van der Waals surface area contributed by atoms with Gasteiger partial charge in [-0.3, -0.25) is 4.79 Å². The summed E-state index contributed by atoms with van der Waals surface area (Å²) in [5.74, 6) is 0.00212. The summed E-state index contributed by atoms with van der Waals surface area (Å²) < 4.78 is 4.64. The summed E-state index contributed by atoms with van der Waals surface area (Å²) in [7, 11) is -4.26. The Morgan fingerprint density at radius 2 is 1.37 bits per heavy atom. The number of hydrogen-bond acceptors (Lipinski definition) is 5. The SMILES string of the molecule is CCCCCCCC/C=C\CCCCCCCC(=O)N[C@@H](CO[P+](O)(O)O)C(C)C. The molecule has 0 fully saturated rings. The molecule has 0 bridgehead atoms. The topological polar surface area (TPSA) is 99.0 Å². The second-order valence-electron chi connectivity index (χ2n) is 8.56. The van der Waals surface area contributed by atoms with Crippen molar-refractivity contribution in [2.24, 2.45) is 5.92 Å². The van der Waals surface area contributed by atoms with Crippen LogP contribution >= 0.6 is 8.17 Å². The number of hydrogen-bond donors (Lipinski definition) is 4. The molecule has 0 unspecified atom stereocenters. The smallest absolute Gasteiger partial charge is 0.351 e. The molecule has 0 aromatic rings. The highest BCUT2D eigenvalue weighted by atomic mass is 31.2. The van der Waals surface area contributed by atoms with E-state index in [0.29, 0.717) is 6.42 Å². The van der Waals surface area contributed by atoms with Crippen LogP contribution in [0.2, 0.25) is 0 Å². The number of amides is 1. The lowest BCUT2D eigenvalue weighted by Gasteiger charge is -2.21. The van der Waals surface area contributed by atoms with Gasteiger partial charge < -0.3 is 5.32 Å². The van der Waals surface area contributed by atoms with Crippen LogP contribution in [0, 0.1) is 5.92 Å². The number of nitrogens with one attached hydrogen (secondary N) is 1. The Morgan fingerprint density at radius 3 is 1.87 bits per heavy atom. The molecular formula is C23H47NO5P+. The van der Waals surface area contributed by atoms with Crippen molar-refractivity contribution in [2.75, 3.05) is 6.61 Å². The predicted octanol–water partition coefficient (Wildman–Crippen LogP) is 5.84. The highest BCUT2D eigenvalue weighted by Crippen LogP contribution is 2.45. The summed E-state index contributed by atoms with van der Waals surface area (Å²) in [6.07, 6.45) is 21.0. The van der Waals surface area contributed by atoms with Crippen LogP contribution in [-0.4, -0.2) is 33.2 Å². The van der Waals surface area contributed by atoms with E-state index in [1.54, 1.807) is 0 Å². The van der Waals surface area contributed by atoms with Gasteiger partial charge in [0.15, 0.2) is 0 Å². The Labute approximate surface area is 185 Å². The average molecular weight is 449 g/mol. The van der Waals surface area contributed by atoms with Crippen molar-refractivity contribution in [3.05, 3.63) is 12.2 Å². The van der Waals surface area contributed by atoms with Crippen LogP contribution in [0.5, 0.6) is 0 Å². The number of carbonyl (C=O) groups excluding carboxylic acids is 1. The molecule has 0 aromatic carbocycles. The van der Waals surface area contributed by atoms with Crippen molar-refractivity contribution >= 4 is 14.1 Å². The molecule has 0 heterocycles. The van der Waals surface area contributed by atoms with E-state index in [1.165, 1.54) is 57.8 Å². The van der Waals surface area contributed by atoms with E-state index in [0.717, 1.165) is 25.7 Å². The third-order valence-corrected chi connectivity index (χ3v) is 5.74. The predicted molar refractivity (Wildman–Crippen MR) is 126 cm³/mol. The van der Waals surface area contributed by atoms with E-state index in [-0.39, 0.29) is 24.5 Å². The van der Waals surface area contributed by atoms with Gasteiger partial charge in [-0.05, 0) is 38.0 Å². The van der Waals surface area contributed by atoms with Crippen LogP contribution in [0.25, 0.3) is 0 Å². The zero-order chi connectivity index (χ0) is 22.7. The van der Waals surface area contributed by atoms with Gasteiger partial charge in [0.25, 0.3) is 0 Å². The van der Waals surface area contributed by atoms with Crippen molar-refractivity contribution in [2.45, 2.75) is 117 Å². The van der Waals surface area contributed by atoms with Gasteiger partial charge in [0.1, 0.15) is 6.61 Å². The number of carbonyl (C=O) groups is 1. The third-order valence-electron chi connectivity index (χ3n) is 5.24. The average Bonchev–Trinajstić information content (AvgIpc) is 2.67. The Bertz CT molecular complexity index is 438. The van der Waals surface area contributed by atoms with Gasteiger partial charge in [-0.1, -0.05) is 84.3 Å². The van der Waals surface area contributed by atoms with Crippen LogP contribution < -0.4 is 5.32 Å². The molecule has 0 rings (SSSR count). The number of allylic oxidation sites excluding steroid dienone is 2. The lowest BCUT2D eigenvalue weighted by molar-refractivity contribution is -0.122. The van der Waals surface area contributed by atoms with Crippen molar-refractivity contribution in [1.82, 2.24) is 5.32 Å². The largest absolute Gasteiger partial charge is 0.567 e. The van der Waals surface area contributed by atoms with Gasteiger partial charge in [0, 0.05) is 6.42 Å². The molecule has 4 N–H and O–H groups in total. The van der Waals surface area contributed by atoms with Gasteiger partial charge in [0.2, 0.25) is 5.91 Å². The maximum atomic E-state index is 12.1. The summed E-state index contributed by atoms with van der Waals surface area (Å²) in [5, 5.41) is 2.85. The molecule has 0 aromatic heterocycles. The highest BCUT2D eigenvalue weighted by Gasteiger charge is 2.35. The molecular weight excluding hydrogens is 401 g/mol. The van der Waals surface area contributed by atoms with Crippen LogP contribution in [0.15, 0.2) is 12.2 Å². The Hall–Kier alpha value is -0.520. The van der Waals surface area contributed by atoms with Crippen LogP contribution in [0.3, 0.4) is 0 Å². The Balaban J connectivity index is 3.60. The Morgan fingerprint density at radius 1 is 0.867 bits per heavy atom. The van der Waals surface area contributed by atoms with Crippen LogP contribution in [0.1, 0.15) is 111 Å². The van der Waals surface area contributed by atoms with Gasteiger partial charge in [-0.15, -0.1) is 0 Å². The van der Waals surface area contributed by atoms with E-state index in [4.69, 9.17) is 14.7 Å². The van der Waals surface area contributed by atoms with Crippen molar-refractivity contribution in [3.63, 3.8) is 0 Å². The maximum Gasteiger partial charge on any atom is 0.567 e. The molecule has 178 valence electrons.